The van der Waals surface area contributed by atoms with Crippen LogP contribution in [0.2, 0.25) is 0 Å². The molecule has 0 aromatic heterocycles. The van der Waals surface area contributed by atoms with Crippen LogP contribution in [-0.2, 0) is 0 Å². The monoisotopic (exact) mass is 833 g/mol. The van der Waals surface area contributed by atoms with Crippen LogP contribution in [0, 0.1) is 35.5 Å². The lowest BCUT2D eigenvalue weighted by molar-refractivity contribution is 0.369. The molecule has 0 aliphatic carbocycles. The Bertz CT molecular complexity index is 1060. The molecule has 352 valence electrons. The Hall–Kier alpha value is -1.56. The molecule has 0 heterocycles. The smallest absolute Gasteiger partial charge is 0.0288 e. The van der Waals surface area contributed by atoms with E-state index in [1.807, 2.05) is 0 Å². The number of allylic oxidation sites excluding steroid dienone is 12. The first-order valence-corrected chi connectivity index (χ1v) is 26.3. The van der Waals surface area contributed by atoms with E-state index in [-0.39, 0.29) is 0 Å². The van der Waals surface area contributed by atoms with E-state index in [0.717, 1.165) is 35.5 Å². The first-order chi connectivity index (χ1) is 28.4. The third-order valence-corrected chi connectivity index (χ3v) is 12.8. The molecule has 0 aliphatic heterocycles. The molecule has 0 amide bonds. The number of hydrogen-bond acceptors (Lipinski definition) is 0. The molecule has 0 bridgehead atoms. The van der Waals surface area contributed by atoms with E-state index in [2.05, 4.69) is 147 Å². The maximum atomic E-state index is 2.49. The van der Waals surface area contributed by atoms with Crippen LogP contribution in [0.3, 0.4) is 0 Å². The molecule has 0 radical (unpaired) electrons. The summed E-state index contributed by atoms with van der Waals surface area (Å²) in [6.45, 7) is 37.1. The third-order valence-electron chi connectivity index (χ3n) is 12.8. The highest BCUT2D eigenvalue weighted by molar-refractivity contribution is 5.08. The van der Waals surface area contributed by atoms with Crippen LogP contribution >= 0.6 is 0 Å². The van der Waals surface area contributed by atoms with Crippen LogP contribution < -0.4 is 0 Å². The molecule has 0 nitrogen and oxygen atoms in total. The molecule has 0 rings (SSSR count). The van der Waals surface area contributed by atoms with Crippen LogP contribution in [-0.4, -0.2) is 0 Å². The van der Waals surface area contributed by atoms with Gasteiger partial charge in [0.15, 0.2) is 0 Å². The average Bonchev–Trinajstić information content (AvgIpc) is 3.15. The van der Waals surface area contributed by atoms with Gasteiger partial charge in [-0.05, 0) is 155 Å². The van der Waals surface area contributed by atoms with Crippen LogP contribution in [0.15, 0.2) is 69.9 Å². The van der Waals surface area contributed by atoms with Gasteiger partial charge in [0.2, 0.25) is 0 Å². The van der Waals surface area contributed by atoms with E-state index in [1.165, 1.54) is 200 Å². The van der Waals surface area contributed by atoms with Crippen LogP contribution in [0.4, 0.5) is 0 Å². The number of hydrogen-bond donors (Lipinski definition) is 0. The highest BCUT2D eigenvalue weighted by Crippen LogP contribution is 2.25. The second kappa shape index (κ2) is 41.5. The van der Waals surface area contributed by atoms with Crippen LogP contribution in [0.25, 0.3) is 0 Å². The quantitative estimate of drug-likeness (QED) is 0.0436. The van der Waals surface area contributed by atoms with E-state index in [4.69, 9.17) is 0 Å². The van der Waals surface area contributed by atoms with Gasteiger partial charge in [-0.25, -0.2) is 0 Å². The summed E-state index contributed by atoms with van der Waals surface area (Å²) in [4.78, 5) is 0. The predicted molar refractivity (Wildman–Crippen MR) is 280 cm³/mol. The molecule has 0 heteroatoms. The van der Waals surface area contributed by atoms with Crippen molar-refractivity contribution in [3.05, 3.63) is 69.9 Å². The van der Waals surface area contributed by atoms with Gasteiger partial charge in [-0.1, -0.05) is 228 Å². The van der Waals surface area contributed by atoms with Gasteiger partial charge in [-0.3, -0.25) is 0 Å². The Morgan fingerprint density at radius 3 is 0.733 bits per heavy atom. The first kappa shape index (κ1) is 60.5. The summed E-state index contributed by atoms with van der Waals surface area (Å²) in [6.07, 6.45) is 49.4. The molecule has 0 saturated heterocycles. The summed E-state index contributed by atoms with van der Waals surface area (Å²) in [7, 11) is 0. The Balaban J connectivity index is 0. The summed E-state index contributed by atoms with van der Waals surface area (Å²) >= 11 is 0. The van der Waals surface area contributed by atoms with Gasteiger partial charge in [0, 0.05) is 0 Å². The van der Waals surface area contributed by atoms with E-state index in [1.54, 1.807) is 0 Å². The fraction of sp³-hybridized carbons (Fsp3) is 0.800. The minimum atomic E-state index is 0.878. The second-order valence-corrected chi connectivity index (χ2v) is 21.7. The van der Waals surface area contributed by atoms with Gasteiger partial charge in [0.05, 0.1) is 0 Å². The van der Waals surface area contributed by atoms with Gasteiger partial charge in [-0.2, -0.15) is 0 Å². The van der Waals surface area contributed by atoms with Crippen LogP contribution in [0.1, 0.15) is 278 Å². The molecule has 0 aromatic carbocycles. The number of rotatable bonds is 36. The first-order valence-electron chi connectivity index (χ1n) is 26.3. The molecule has 0 N–H and O–H groups in total. The Morgan fingerprint density at radius 1 is 0.267 bits per heavy atom. The van der Waals surface area contributed by atoms with Gasteiger partial charge in [0.25, 0.3) is 0 Å². The standard InChI is InChI=1S/C30H62.C30H50/c2*1-25(2)15-11-19-29(7)23-13-21-27(5)17-9-10-18-28(6)22-14-24-30(8)20-12-16-26(3)4/h25-30H,9-24H2,1-8H3;15-18,23-24H,9-14,19-22H2,1-8H3/b;27-17+,28-18+,29-23+,30-24+. The van der Waals surface area contributed by atoms with Crippen molar-refractivity contribution in [1.82, 2.24) is 0 Å². The molecule has 4 atom stereocenters. The topological polar surface area (TPSA) is 0 Å². The van der Waals surface area contributed by atoms with Gasteiger partial charge in [-0.15, -0.1) is 0 Å². The zero-order valence-electron chi connectivity index (χ0n) is 44.3. The molecule has 0 aliphatic rings. The summed E-state index contributed by atoms with van der Waals surface area (Å²) in [5, 5.41) is 0. The Kier molecular flexibility index (Phi) is 41.8. The van der Waals surface area contributed by atoms with Gasteiger partial charge in [0.1, 0.15) is 0 Å². The lowest BCUT2D eigenvalue weighted by atomic mass is 9.90. The second-order valence-electron chi connectivity index (χ2n) is 21.7. The fourth-order valence-electron chi connectivity index (χ4n) is 8.28. The largest absolute Gasteiger partial charge is 0.0856 e. The van der Waals surface area contributed by atoms with Gasteiger partial charge < -0.3 is 0 Å². The highest BCUT2D eigenvalue weighted by Gasteiger charge is 2.09. The Labute approximate surface area is 381 Å². The van der Waals surface area contributed by atoms with Gasteiger partial charge >= 0.3 is 0 Å². The van der Waals surface area contributed by atoms with Crippen molar-refractivity contribution >= 4 is 0 Å². The van der Waals surface area contributed by atoms with Crippen molar-refractivity contribution < 1.29 is 0 Å². The maximum absolute atomic E-state index is 2.49. The van der Waals surface area contributed by atoms with Crippen molar-refractivity contribution in [2.45, 2.75) is 278 Å². The van der Waals surface area contributed by atoms with E-state index >= 15 is 0 Å². The maximum Gasteiger partial charge on any atom is -0.0288 e. The summed E-state index contributed by atoms with van der Waals surface area (Å²) in [5.74, 6) is 5.51. The molecule has 60 heavy (non-hydrogen) atoms. The normalized spacial score (nSPS) is 14.8. The third kappa shape index (κ3) is 47.5. The van der Waals surface area contributed by atoms with Crippen molar-refractivity contribution in [2.24, 2.45) is 35.5 Å². The summed E-state index contributed by atoms with van der Waals surface area (Å²) < 4.78 is 0. The highest BCUT2D eigenvalue weighted by atomic mass is 14.2. The molecular formula is C60H112. The van der Waals surface area contributed by atoms with Crippen molar-refractivity contribution in [3.63, 3.8) is 0 Å². The predicted octanol–water partition coefficient (Wildman–Crippen LogP) is 21.7. The lowest BCUT2D eigenvalue weighted by Gasteiger charge is -2.16. The Morgan fingerprint density at radius 2 is 0.483 bits per heavy atom. The van der Waals surface area contributed by atoms with E-state index < -0.39 is 0 Å². The molecule has 0 fully saturated rings. The summed E-state index contributed by atoms with van der Waals surface area (Å²) in [6, 6.07) is 0. The SMILES string of the molecule is CC(C)=CCC/C(C)=C/CC/C(C)=C/CC/C=C(\C)CC/C=C(\C)CCC=C(C)C.CC(C)CCCC(C)CCCC(C)CCCCC(C)CCCC(C)CCCC(C)C. The molecular weight excluding hydrogens is 721 g/mol. The van der Waals surface area contributed by atoms with Crippen molar-refractivity contribution in [2.75, 3.05) is 0 Å². The fourth-order valence-corrected chi connectivity index (χ4v) is 8.28. The average molecular weight is 834 g/mol. The van der Waals surface area contributed by atoms with E-state index in [0.29, 0.717) is 0 Å². The zero-order chi connectivity index (χ0) is 45.6. The zero-order valence-corrected chi connectivity index (χ0v) is 44.3. The summed E-state index contributed by atoms with van der Waals surface area (Å²) in [5.41, 5.74) is 8.97. The minimum absolute atomic E-state index is 0.878. The van der Waals surface area contributed by atoms with Crippen LogP contribution in [0.5, 0.6) is 0 Å². The molecule has 0 aromatic rings. The van der Waals surface area contributed by atoms with Crippen molar-refractivity contribution in [3.8, 4) is 0 Å². The van der Waals surface area contributed by atoms with Crippen molar-refractivity contribution in [1.29, 1.82) is 0 Å². The molecule has 4 unspecified atom stereocenters. The lowest BCUT2D eigenvalue weighted by Crippen LogP contribution is -2.01. The minimum Gasteiger partial charge on any atom is -0.0856 e. The molecule has 0 spiro atoms. The van der Waals surface area contributed by atoms with E-state index in [9.17, 15) is 0 Å². The number of unbranched alkanes of at least 4 members (excludes halogenated alkanes) is 2. The molecule has 0 saturated carbocycles.